The van der Waals surface area contributed by atoms with Crippen molar-refractivity contribution in [3.05, 3.63) is 52.9 Å². The average Bonchev–Trinajstić information content (AvgIpc) is 3.51. The van der Waals surface area contributed by atoms with Gasteiger partial charge in [-0.1, -0.05) is 23.7 Å². The largest absolute Gasteiger partial charge is 0.352 e. The van der Waals surface area contributed by atoms with Gasteiger partial charge < -0.3 is 20.1 Å². The summed E-state index contributed by atoms with van der Waals surface area (Å²) in [6.07, 6.45) is 4.12. The van der Waals surface area contributed by atoms with Crippen LogP contribution in [-0.4, -0.2) is 52.1 Å². The fourth-order valence-corrected chi connectivity index (χ4v) is 3.95. The van der Waals surface area contributed by atoms with E-state index in [0.717, 1.165) is 35.5 Å². The van der Waals surface area contributed by atoms with Crippen molar-refractivity contribution < 1.29 is 4.79 Å². The number of benzene rings is 1. The Morgan fingerprint density at radius 3 is 2.62 bits per heavy atom. The van der Waals surface area contributed by atoms with E-state index in [2.05, 4.69) is 31.2 Å². The Bertz CT molecular complexity index is 1020. The molecule has 0 bridgehead atoms. The van der Waals surface area contributed by atoms with Gasteiger partial charge in [-0.2, -0.15) is 0 Å². The van der Waals surface area contributed by atoms with Gasteiger partial charge in [-0.25, -0.2) is 14.8 Å². The van der Waals surface area contributed by atoms with E-state index in [4.69, 9.17) is 11.6 Å². The smallest absolute Gasteiger partial charge is 0.317 e. The van der Waals surface area contributed by atoms with Crippen LogP contribution in [-0.2, 0) is 6.54 Å². The minimum Gasteiger partial charge on any atom is -0.352 e. The van der Waals surface area contributed by atoms with Crippen LogP contribution in [0, 0.1) is 0 Å². The van der Waals surface area contributed by atoms with E-state index in [9.17, 15) is 4.79 Å². The lowest BCUT2D eigenvalue weighted by Gasteiger charge is -2.35. The topological polar surface area (TPSA) is 77.2 Å². The number of urea groups is 1. The maximum atomic E-state index is 12.5. The summed E-state index contributed by atoms with van der Waals surface area (Å²) in [5.41, 5.74) is 3.20. The first kappa shape index (κ1) is 18.2. The third-order valence-electron chi connectivity index (χ3n) is 5.67. The number of carbonyl (C=O) groups excluding carboxylic acids is 1. The maximum absolute atomic E-state index is 12.5. The van der Waals surface area contributed by atoms with Crippen LogP contribution in [0.25, 0.3) is 11.0 Å². The molecular weight excluding hydrogens is 388 g/mol. The van der Waals surface area contributed by atoms with Crippen LogP contribution in [0.15, 0.2) is 36.7 Å². The molecule has 3 heterocycles. The van der Waals surface area contributed by atoms with Crippen LogP contribution in [0.5, 0.6) is 0 Å². The number of hydrogen-bond acceptors (Lipinski definition) is 4. The van der Waals surface area contributed by atoms with Crippen LogP contribution in [0.2, 0.25) is 5.02 Å². The number of anilines is 1. The molecule has 7 nitrogen and oxygen atoms in total. The number of piperazine rings is 1. The Labute approximate surface area is 174 Å². The Kier molecular flexibility index (Phi) is 4.75. The maximum Gasteiger partial charge on any atom is 0.317 e. The van der Waals surface area contributed by atoms with Crippen molar-refractivity contribution in [2.75, 3.05) is 31.1 Å². The molecule has 150 valence electrons. The molecule has 5 rings (SSSR count). The quantitative estimate of drug-likeness (QED) is 0.689. The van der Waals surface area contributed by atoms with Crippen LogP contribution in [0.1, 0.15) is 30.0 Å². The summed E-state index contributed by atoms with van der Waals surface area (Å²) in [5.74, 6) is 1.61. The van der Waals surface area contributed by atoms with Crippen molar-refractivity contribution in [1.29, 1.82) is 0 Å². The Balaban J connectivity index is 1.20. The van der Waals surface area contributed by atoms with E-state index < -0.39 is 0 Å². The standard InChI is InChI=1S/C21H23ClN6O/c22-16-5-1-14(2-6-16)12-23-21(29)28-9-7-27(8-10-28)20-17-11-18(15-3-4-15)26-19(17)24-13-25-20/h1-2,5-6,11,13,15H,3-4,7-10,12H2,(H,23,29)(H,24,25,26). The van der Waals surface area contributed by atoms with E-state index in [1.165, 1.54) is 18.5 Å². The van der Waals surface area contributed by atoms with Crippen molar-refractivity contribution in [1.82, 2.24) is 25.2 Å². The van der Waals surface area contributed by atoms with Gasteiger partial charge in [-0.05, 0) is 42.5 Å². The van der Waals surface area contributed by atoms with Crippen molar-refractivity contribution in [2.24, 2.45) is 0 Å². The molecule has 3 aromatic rings. The minimum atomic E-state index is -0.0369. The average molecular weight is 411 g/mol. The number of amides is 2. The van der Waals surface area contributed by atoms with Crippen molar-refractivity contribution in [3.63, 3.8) is 0 Å². The fourth-order valence-electron chi connectivity index (χ4n) is 3.83. The summed E-state index contributed by atoms with van der Waals surface area (Å²) in [4.78, 5) is 29.0. The van der Waals surface area contributed by atoms with Gasteiger partial charge in [0.25, 0.3) is 0 Å². The zero-order valence-corrected chi connectivity index (χ0v) is 16.8. The van der Waals surface area contributed by atoms with Gasteiger partial charge in [-0.15, -0.1) is 0 Å². The number of halogens is 1. The van der Waals surface area contributed by atoms with Gasteiger partial charge in [-0.3, -0.25) is 0 Å². The van der Waals surface area contributed by atoms with Gasteiger partial charge in [0.2, 0.25) is 0 Å². The first-order valence-electron chi connectivity index (χ1n) is 10.0. The summed E-state index contributed by atoms with van der Waals surface area (Å²) in [6, 6.07) is 9.68. The van der Waals surface area contributed by atoms with Gasteiger partial charge in [0.1, 0.15) is 17.8 Å². The van der Waals surface area contributed by atoms with Crippen molar-refractivity contribution >= 4 is 34.5 Å². The fraction of sp³-hybridized carbons (Fsp3) is 0.381. The predicted octanol–water partition coefficient (Wildman–Crippen LogP) is 3.52. The third kappa shape index (κ3) is 3.87. The molecule has 2 aromatic heterocycles. The molecule has 1 aromatic carbocycles. The van der Waals surface area contributed by atoms with Gasteiger partial charge in [0.05, 0.1) is 5.39 Å². The lowest BCUT2D eigenvalue weighted by Crippen LogP contribution is -2.52. The second-order valence-electron chi connectivity index (χ2n) is 7.72. The number of H-pyrrole nitrogens is 1. The second-order valence-corrected chi connectivity index (χ2v) is 8.15. The SMILES string of the molecule is O=C(NCc1ccc(Cl)cc1)N1CCN(c2ncnc3[nH]c(C4CC4)cc23)CC1. The first-order chi connectivity index (χ1) is 14.2. The summed E-state index contributed by atoms with van der Waals surface area (Å²) < 4.78 is 0. The number of aromatic nitrogens is 3. The van der Waals surface area contributed by atoms with Gasteiger partial charge in [0, 0.05) is 43.4 Å². The Morgan fingerprint density at radius 1 is 1.14 bits per heavy atom. The highest BCUT2D eigenvalue weighted by molar-refractivity contribution is 6.30. The Morgan fingerprint density at radius 2 is 1.90 bits per heavy atom. The lowest BCUT2D eigenvalue weighted by molar-refractivity contribution is 0.194. The van der Waals surface area contributed by atoms with Crippen molar-refractivity contribution in [2.45, 2.75) is 25.3 Å². The van der Waals surface area contributed by atoms with Gasteiger partial charge >= 0.3 is 6.03 Å². The summed E-state index contributed by atoms with van der Waals surface area (Å²) in [5, 5.41) is 4.76. The molecule has 1 aliphatic carbocycles. The monoisotopic (exact) mass is 410 g/mol. The molecule has 0 spiro atoms. The number of nitrogens with zero attached hydrogens (tertiary/aromatic N) is 4. The molecule has 1 saturated heterocycles. The Hall–Kier alpha value is -2.80. The number of hydrogen-bond donors (Lipinski definition) is 2. The summed E-state index contributed by atoms with van der Waals surface area (Å²) in [6.45, 7) is 3.33. The van der Waals surface area contributed by atoms with E-state index in [0.29, 0.717) is 30.6 Å². The molecular formula is C21H23ClN6O. The van der Waals surface area contributed by atoms with Gasteiger partial charge in [0.15, 0.2) is 0 Å². The normalized spacial score (nSPS) is 17.0. The molecule has 0 radical (unpaired) electrons. The van der Waals surface area contributed by atoms with E-state index in [1.54, 1.807) is 6.33 Å². The molecule has 2 N–H and O–H groups in total. The van der Waals surface area contributed by atoms with Crippen molar-refractivity contribution in [3.8, 4) is 0 Å². The highest BCUT2D eigenvalue weighted by atomic mass is 35.5. The molecule has 29 heavy (non-hydrogen) atoms. The van der Waals surface area contributed by atoms with E-state index in [-0.39, 0.29) is 6.03 Å². The minimum absolute atomic E-state index is 0.0369. The number of fused-ring (bicyclic) bond motifs is 1. The summed E-state index contributed by atoms with van der Waals surface area (Å²) in [7, 11) is 0. The third-order valence-corrected chi connectivity index (χ3v) is 5.92. The number of rotatable bonds is 4. The molecule has 0 atom stereocenters. The summed E-state index contributed by atoms with van der Waals surface area (Å²) >= 11 is 5.91. The van der Waals surface area contributed by atoms with Crippen LogP contribution in [0.3, 0.4) is 0 Å². The lowest BCUT2D eigenvalue weighted by atomic mass is 10.2. The molecule has 1 saturated carbocycles. The molecule has 2 fully saturated rings. The molecule has 1 aliphatic heterocycles. The highest BCUT2D eigenvalue weighted by Gasteiger charge is 2.27. The van der Waals surface area contributed by atoms with E-state index in [1.807, 2.05) is 29.2 Å². The zero-order chi connectivity index (χ0) is 19.8. The van der Waals surface area contributed by atoms with E-state index >= 15 is 0 Å². The second kappa shape index (κ2) is 7.55. The molecule has 0 unspecified atom stereocenters. The number of nitrogens with one attached hydrogen (secondary N) is 2. The highest BCUT2D eigenvalue weighted by Crippen LogP contribution is 2.41. The number of carbonyl (C=O) groups is 1. The molecule has 2 aliphatic rings. The van der Waals surface area contributed by atoms with Crippen LogP contribution in [0.4, 0.5) is 10.6 Å². The van der Waals surface area contributed by atoms with Crippen LogP contribution < -0.4 is 10.2 Å². The number of aromatic amines is 1. The van der Waals surface area contributed by atoms with Crippen LogP contribution >= 0.6 is 11.6 Å². The first-order valence-corrected chi connectivity index (χ1v) is 10.4. The predicted molar refractivity (Wildman–Crippen MR) is 113 cm³/mol. The molecule has 8 heteroatoms. The zero-order valence-electron chi connectivity index (χ0n) is 16.1. The molecule has 2 amide bonds.